The van der Waals surface area contributed by atoms with Gasteiger partial charge in [0.25, 0.3) is 0 Å². The molecule has 2 nitrogen and oxygen atoms in total. The van der Waals surface area contributed by atoms with Crippen LogP contribution in [0.2, 0.25) is 0 Å². The van der Waals surface area contributed by atoms with Crippen LogP contribution >= 0.6 is 0 Å². The summed E-state index contributed by atoms with van der Waals surface area (Å²) in [7, 11) is 0. The molecule has 0 radical (unpaired) electrons. The summed E-state index contributed by atoms with van der Waals surface area (Å²) >= 11 is 0. The Balaban J connectivity index is 2.16. The van der Waals surface area contributed by atoms with Crippen LogP contribution in [0.5, 0.6) is 0 Å². The van der Waals surface area contributed by atoms with Crippen molar-refractivity contribution in [1.82, 2.24) is 10.2 Å². The van der Waals surface area contributed by atoms with Crippen molar-refractivity contribution >= 4 is 0 Å². The van der Waals surface area contributed by atoms with Crippen LogP contribution in [0.25, 0.3) is 0 Å². The molecule has 1 aromatic carbocycles. The monoisotopic (exact) mass is 254 g/mol. The number of rotatable bonds is 4. The molecule has 0 amide bonds. The maximum Gasteiger partial charge on any atom is 0.159 e. The SMILES string of the molecule is CCN(C1CCNC1)C(C)c1ccc(F)c(F)c1. The summed E-state index contributed by atoms with van der Waals surface area (Å²) in [4.78, 5) is 2.34. The van der Waals surface area contributed by atoms with Crippen molar-refractivity contribution in [3.05, 3.63) is 35.4 Å². The first kappa shape index (κ1) is 13.4. The largest absolute Gasteiger partial charge is 0.315 e. The molecular formula is C14H20F2N2. The zero-order valence-corrected chi connectivity index (χ0v) is 10.9. The second-order valence-corrected chi connectivity index (χ2v) is 4.83. The van der Waals surface area contributed by atoms with Crippen LogP contribution in [0.4, 0.5) is 8.78 Å². The zero-order chi connectivity index (χ0) is 13.1. The van der Waals surface area contributed by atoms with Gasteiger partial charge in [0.15, 0.2) is 11.6 Å². The number of nitrogens with one attached hydrogen (secondary N) is 1. The lowest BCUT2D eigenvalue weighted by Gasteiger charge is -2.33. The summed E-state index contributed by atoms with van der Waals surface area (Å²) in [6.07, 6.45) is 1.11. The molecule has 1 aliphatic heterocycles. The average molecular weight is 254 g/mol. The third-order valence-corrected chi connectivity index (χ3v) is 3.79. The Morgan fingerprint density at radius 2 is 2.17 bits per heavy atom. The molecular weight excluding hydrogens is 234 g/mol. The Labute approximate surface area is 107 Å². The predicted molar refractivity (Wildman–Crippen MR) is 68.4 cm³/mol. The van der Waals surface area contributed by atoms with Crippen molar-refractivity contribution in [3.8, 4) is 0 Å². The van der Waals surface area contributed by atoms with Crippen LogP contribution in [0, 0.1) is 11.6 Å². The summed E-state index contributed by atoms with van der Waals surface area (Å²) in [5.41, 5.74) is 0.836. The molecule has 0 aromatic heterocycles. The minimum atomic E-state index is -0.781. The number of hydrogen-bond acceptors (Lipinski definition) is 2. The molecule has 0 spiro atoms. The summed E-state index contributed by atoms with van der Waals surface area (Å²) in [6.45, 7) is 7.07. The summed E-state index contributed by atoms with van der Waals surface area (Å²) in [5.74, 6) is -1.54. The fourth-order valence-corrected chi connectivity index (χ4v) is 2.73. The van der Waals surface area contributed by atoms with E-state index in [1.54, 1.807) is 6.07 Å². The highest BCUT2D eigenvalue weighted by molar-refractivity contribution is 5.21. The van der Waals surface area contributed by atoms with E-state index in [1.165, 1.54) is 12.1 Å². The lowest BCUT2D eigenvalue weighted by molar-refractivity contribution is 0.162. The van der Waals surface area contributed by atoms with Gasteiger partial charge < -0.3 is 5.32 Å². The maximum absolute atomic E-state index is 13.3. The highest BCUT2D eigenvalue weighted by Crippen LogP contribution is 2.25. The number of nitrogens with zero attached hydrogens (tertiary/aromatic N) is 1. The first-order valence-electron chi connectivity index (χ1n) is 6.55. The van der Waals surface area contributed by atoms with Crippen LogP contribution in [0.1, 0.15) is 31.9 Å². The van der Waals surface area contributed by atoms with Crippen molar-refractivity contribution < 1.29 is 8.78 Å². The van der Waals surface area contributed by atoms with E-state index < -0.39 is 11.6 Å². The molecule has 2 rings (SSSR count). The van der Waals surface area contributed by atoms with Gasteiger partial charge in [0, 0.05) is 18.6 Å². The normalized spacial score (nSPS) is 21.5. The first-order chi connectivity index (χ1) is 8.63. The van der Waals surface area contributed by atoms with Gasteiger partial charge in [0.1, 0.15) is 0 Å². The minimum Gasteiger partial charge on any atom is -0.315 e. The summed E-state index contributed by atoms with van der Waals surface area (Å²) in [5, 5.41) is 3.34. The molecule has 0 saturated carbocycles. The van der Waals surface area contributed by atoms with Crippen molar-refractivity contribution in [2.24, 2.45) is 0 Å². The van der Waals surface area contributed by atoms with E-state index in [9.17, 15) is 8.78 Å². The molecule has 100 valence electrons. The van der Waals surface area contributed by atoms with Crippen molar-refractivity contribution in [2.75, 3.05) is 19.6 Å². The third kappa shape index (κ3) is 2.70. The molecule has 2 unspecified atom stereocenters. The average Bonchev–Trinajstić information content (AvgIpc) is 2.87. The highest BCUT2D eigenvalue weighted by atomic mass is 19.2. The van der Waals surface area contributed by atoms with E-state index in [0.29, 0.717) is 6.04 Å². The van der Waals surface area contributed by atoms with E-state index >= 15 is 0 Å². The van der Waals surface area contributed by atoms with E-state index in [0.717, 1.165) is 31.6 Å². The lowest BCUT2D eigenvalue weighted by Crippen LogP contribution is -2.38. The Morgan fingerprint density at radius 3 is 2.72 bits per heavy atom. The van der Waals surface area contributed by atoms with E-state index in [2.05, 4.69) is 24.1 Å². The molecule has 1 heterocycles. The maximum atomic E-state index is 13.3. The molecule has 1 aliphatic rings. The molecule has 2 atom stereocenters. The smallest absolute Gasteiger partial charge is 0.159 e. The van der Waals surface area contributed by atoms with E-state index in [-0.39, 0.29) is 6.04 Å². The molecule has 1 aromatic rings. The number of halogens is 2. The van der Waals surface area contributed by atoms with Crippen molar-refractivity contribution in [2.45, 2.75) is 32.4 Å². The van der Waals surface area contributed by atoms with Gasteiger partial charge >= 0.3 is 0 Å². The molecule has 1 saturated heterocycles. The second-order valence-electron chi connectivity index (χ2n) is 4.83. The van der Waals surface area contributed by atoms with E-state index in [4.69, 9.17) is 0 Å². The van der Waals surface area contributed by atoms with Gasteiger partial charge in [-0.15, -0.1) is 0 Å². The first-order valence-corrected chi connectivity index (χ1v) is 6.55. The Morgan fingerprint density at radius 1 is 1.39 bits per heavy atom. The summed E-state index contributed by atoms with van der Waals surface area (Å²) in [6, 6.07) is 4.79. The zero-order valence-electron chi connectivity index (χ0n) is 10.9. The Kier molecular flexibility index (Phi) is 4.30. The Bertz CT molecular complexity index is 403. The topological polar surface area (TPSA) is 15.3 Å². The van der Waals surface area contributed by atoms with Crippen LogP contribution < -0.4 is 5.32 Å². The quantitative estimate of drug-likeness (QED) is 0.888. The molecule has 1 N–H and O–H groups in total. The Hall–Kier alpha value is -1.00. The van der Waals surface area contributed by atoms with Gasteiger partial charge in [-0.2, -0.15) is 0 Å². The predicted octanol–water partition coefficient (Wildman–Crippen LogP) is 2.71. The summed E-state index contributed by atoms with van der Waals surface area (Å²) < 4.78 is 26.2. The molecule has 0 bridgehead atoms. The fraction of sp³-hybridized carbons (Fsp3) is 0.571. The van der Waals surface area contributed by atoms with Crippen LogP contribution in [0.15, 0.2) is 18.2 Å². The number of likely N-dealkylation sites (N-methyl/N-ethyl adjacent to an activating group) is 1. The second kappa shape index (κ2) is 5.76. The van der Waals surface area contributed by atoms with Crippen molar-refractivity contribution in [1.29, 1.82) is 0 Å². The van der Waals surface area contributed by atoms with E-state index in [1.807, 2.05) is 0 Å². The highest BCUT2D eigenvalue weighted by Gasteiger charge is 2.26. The van der Waals surface area contributed by atoms with Crippen LogP contribution in [0.3, 0.4) is 0 Å². The molecule has 1 fully saturated rings. The van der Waals surface area contributed by atoms with Gasteiger partial charge in [0.05, 0.1) is 0 Å². The van der Waals surface area contributed by atoms with Gasteiger partial charge in [-0.3, -0.25) is 4.90 Å². The third-order valence-electron chi connectivity index (χ3n) is 3.79. The lowest BCUT2D eigenvalue weighted by atomic mass is 10.0. The minimum absolute atomic E-state index is 0.106. The van der Waals surface area contributed by atoms with Crippen molar-refractivity contribution in [3.63, 3.8) is 0 Å². The van der Waals surface area contributed by atoms with Crippen LogP contribution in [-0.4, -0.2) is 30.6 Å². The number of hydrogen-bond donors (Lipinski definition) is 1. The van der Waals surface area contributed by atoms with Gasteiger partial charge in [-0.05, 0) is 44.1 Å². The fourth-order valence-electron chi connectivity index (χ4n) is 2.73. The van der Waals surface area contributed by atoms with Gasteiger partial charge in [0.2, 0.25) is 0 Å². The molecule has 18 heavy (non-hydrogen) atoms. The molecule has 0 aliphatic carbocycles. The number of benzene rings is 1. The van der Waals surface area contributed by atoms with Gasteiger partial charge in [-0.25, -0.2) is 8.78 Å². The standard InChI is InChI=1S/C14H20F2N2/c1-3-18(12-6-7-17-9-12)10(2)11-4-5-13(15)14(16)8-11/h4-5,8,10,12,17H,3,6-7,9H2,1-2H3. The molecule has 4 heteroatoms. The van der Waals surface area contributed by atoms with Crippen LogP contribution in [-0.2, 0) is 0 Å². The van der Waals surface area contributed by atoms with Gasteiger partial charge in [-0.1, -0.05) is 13.0 Å².